The molecule has 27 heavy (non-hydrogen) atoms. The van der Waals surface area contributed by atoms with E-state index in [2.05, 4.69) is 15.6 Å². The summed E-state index contributed by atoms with van der Waals surface area (Å²) in [4.78, 5) is 4.71. The number of nitrogens with two attached hydrogens (primary N) is 1. The maximum atomic E-state index is 11.3. The molecule has 0 amide bonds. The molecule has 0 fully saturated rings. The van der Waals surface area contributed by atoms with Gasteiger partial charge in [0.15, 0.2) is 5.96 Å². The Morgan fingerprint density at radius 1 is 1.11 bits per heavy atom. The molecule has 2 rings (SSSR count). The van der Waals surface area contributed by atoms with Crippen molar-refractivity contribution in [3.05, 3.63) is 59.7 Å². The molecule has 0 spiro atoms. The van der Waals surface area contributed by atoms with Gasteiger partial charge in [-0.15, -0.1) is 0 Å². The molecule has 7 nitrogen and oxygen atoms in total. The third-order valence-electron chi connectivity index (χ3n) is 3.90. The van der Waals surface area contributed by atoms with Crippen LogP contribution in [0.2, 0.25) is 0 Å². The van der Waals surface area contributed by atoms with Crippen molar-refractivity contribution in [1.82, 2.24) is 10.6 Å². The molecule has 0 saturated carbocycles. The van der Waals surface area contributed by atoms with Gasteiger partial charge in [0, 0.05) is 18.7 Å². The summed E-state index contributed by atoms with van der Waals surface area (Å²) < 4.78 is 27.9. The topological polar surface area (TPSA) is 106 Å². The summed E-state index contributed by atoms with van der Waals surface area (Å²) in [6.07, 6.45) is 0.726. The van der Waals surface area contributed by atoms with E-state index in [0.717, 1.165) is 29.8 Å². The standard InChI is InChI=1S/C19H26N4O3S/c1-3-21-19(23-14-16-6-4-5-7-18(16)26-2)22-13-12-15-8-10-17(11-9-15)27(20,24)25/h4-11H,3,12-14H2,1-2H3,(H2,20,24,25)(H2,21,22,23). The highest BCUT2D eigenvalue weighted by Crippen LogP contribution is 2.17. The van der Waals surface area contributed by atoms with Gasteiger partial charge in [-0.25, -0.2) is 18.5 Å². The first-order valence-corrected chi connectivity index (χ1v) is 10.2. The summed E-state index contributed by atoms with van der Waals surface area (Å²) in [7, 11) is -2.01. The number of guanidine groups is 1. The van der Waals surface area contributed by atoms with Gasteiger partial charge in [-0.2, -0.15) is 0 Å². The second-order valence-corrected chi connectivity index (χ2v) is 7.43. The van der Waals surface area contributed by atoms with Gasteiger partial charge in [0.25, 0.3) is 0 Å². The van der Waals surface area contributed by atoms with Crippen LogP contribution in [0.25, 0.3) is 0 Å². The van der Waals surface area contributed by atoms with Crippen molar-refractivity contribution in [2.24, 2.45) is 10.1 Å². The number of sulfonamides is 1. The first-order valence-electron chi connectivity index (χ1n) is 8.70. The fourth-order valence-corrected chi connectivity index (χ4v) is 3.03. The predicted molar refractivity (Wildman–Crippen MR) is 107 cm³/mol. The fraction of sp³-hybridized carbons (Fsp3) is 0.316. The maximum Gasteiger partial charge on any atom is 0.238 e. The Labute approximate surface area is 160 Å². The number of methoxy groups -OCH3 is 1. The van der Waals surface area contributed by atoms with Crippen molar-refractivity contribution in [1.29, 1.82) is 0 Å². The molecule has 0 unspecified atom stereocenters. The van der Waals surface area contributed by atoms with Crippen molar-refractivity contribution in [2.75, 3.05) is 20.2 Å². The summed E-state index contributed by atoms with van der Waals surface area (Å²) in [5, 5.41) is 11.6. The van der Waals surface area contributed by atoms with Crippen molar-refractivity contribution >= 4 is 16.0 Å². The Hall–Kier alpha value is -2.58. The van der Waals surface area contributed by atoms with Crippen LogP contribution >= 0.6 is 0 Å². The number of aliphatic imine (C=N–C) groups is 1. The van der Waals surface area contributed by atoms with Crippen molar-refractivity contribution in [3.8, 4) is 5.75 Å². The van der Waals surface area contributed by atoms with Gasteiger partial charge in [0.1, 0.15) is 5.75 Å². The molecule has 0 aromatic heterocycles. The largest absolute Gasteiger partial charge is 0.496 e. The Bertz CT molecular complexity index is 865. The Morgan fingerprint density at radius 2 is 1.81 bits per heavy atom. The van der Waals surface area contributed by atoms with E-state index in [9.17, 15) is 8.42 Å². The Morgan fingerprint density at radius 3 is 2.44 bits per heavy atom. The van der Waals surface area contributed by atoms with Crippen molar-refractivity contribution in [3.63, 3.8) is 0 Å². The van der Waals surface area contributed by atoms with Crippen LogP contribution in [0.1, 0.15) is 18.1 Å². The van der Waals surface area contributed by atoms with E-state index in [1.54, 1.807) is 19.2 Å². The first-order chi connectivity index (χ1) is 12.9. The van der Waals surface area contributed by atoms with Gasteiger partial charge in [0.05, 0.1) is 18.6 Å². The van der Waals surface area contributed by atoms with Gasteiger partial charge in [-0.05, 0) is 37.1 Å². The second-order valence-electron chi connectivity index (χ2n) is 5.87. The van der Waals surface area contributed by atoms with Gasteiger partial charge in [-0.3, -0.25) is 0 Å². The molecule has 0 atom stereocenters. The molecule has 4 N–H and O–H groups in total. The van der Waals surface area contributed by atoms with Crippen LogP contribution in [-0.4, -0.2) is 34.6 Å². The van der Waals surface area contributed by atoms with Crippen LogP contribution in [0.15, 0.2) is 58.4 Å². The predicted octanol–water partition coefficient (Wildman–Crippen LogP) is 1.64. The van der Waals surface area contributed by atoms with E-state index in [4.69, 9.17) is 9.88 Å². The number of hydrogen-bond acceptors (Lipinski definition) is 4. The summed E-state index contributed by atoms with van der Waals surface area (Å²) in [6, 6.07) is 14.4. The lowest BCUT2D eigenvalue weighted by Crippen LogP contribution is -2.38. The first kappa shape index (κ1) is 20.7. The molecular weight excluding hydrogens is 364 g/mol. The number of rotatable bonds is 8. The molecule has 8 heteroatoms. The van der Waals surface area contributed by atoms with Crippen LogP contribution in [0.5, 0.6) is 5.75 Å². The summed E-state index contributed by atoms with van der Waals surface area (Å²) >= 11 is 0. The van der Waals surface area contributed by atoms with E-state index in [-0.39, 0.29) is 4.90 Å². The van der Waals surface area contributed by atoms with Gasteiger partial charge < -0.3 is 15.4 Å². The summed E-state index contributed by atoms with van der Waals surface area (Å²) in [5.74, 6) is 1.52. The van der Waals surface area contributed by atoms with Crippen LogP contribution in [0.3, 0.4) is 0 Å². The Balaban J connectivity index is 1.94. The number of primary sulfonamides is 1. The van der Waals surface area contributed by atoms with Crippen LogP contribution in [0.4, 0.5) is 0 Å². The smallest absolute Gasteiger partial charge is 0.238 e. The number of ether oxygens (including phenoxy) is 1. The lowest BCUT2D eigenvalue weighted by Gasteiger charge is -2.12. The van der Waals surface area contributed by atoms with E-state index >= 15 is 0 Å². The second kappa shape index (κ2) is 9.94. The molecule has 0 heterocycles. The quantitative estimate of drug-likeness (QED) is 0.469. The van der Waals surface area contributed by atoms with Gasteiger partial charge in [-0.1, -0.05) is 30.3 Å². The molecule has 0 saturated heterocycles. The lowest BCUT2D eigenvalue weighted by atomic mass is 10.1. The zero-order valence-electron chi connectivity index (χ0n) is 15.6. The molecule has 2 aromatic rings. The molecule has 146 valence electrons. The third-order valence-corrected chi connectivity index (χ3v) is 4.83. The molecule has 2 aromatic carbocycles. The number of nitrogens with zero attached hydrogens (tertiary/aromatic N) is 1. The maximum absolute atomic E-state index is 11.3. The SMILES string of the molecule is CCNC(=NCc1ccccc1OC)NCCc1ccc(S(N)(=O)=O)cc1. The van der Waals surface area contributed by atoms with E-state index in [1.165, 1.54) is 12.1 Å². The van der Waals surface area contributed by atoms with Crippen molar-refractivity contribution < 1.29 is 13.2 Å². The summed E-state index contributed by atoms with van der Waals surface area (Å²) in [5.41, 5.74) is 2.02. The lowest BCUT2D eigenvalue weighted by molar-refractivity contribution is 0.410. The monoisotopic (exact) mass is 390 g/mol. The van der Waals surface area contributed by atoms with Gasteiger partial charge in [0.2, 0.25) is 10.0 Å². The minimum atomic E-state index is -3.66. The average molecular weight is 391 g/mol. The highest BCUT2D eigenvalue weighted by atomic mass is 32.2. The number of hydrogen-bond donors (Lipinski definition) is 3. The normalized spacial score (nSPS) is 11.9. The zero-order chi connectivity index (χ0) is 19.7. The minimum Gasteiger partial charge on any atom is -0.496 e. The highest BCUT2D eigenvalue weighted by molar-refractivity contribution is 7.89. The average Bonchev–Trinajstić information content (AvgIpc) is 2.66. The highest BCUT2D eigenvalue weighted by Gasteiger charge is 2.07. The van der Waals surface area contributed by atoms with E-state index in [0.29, 0.717) is 19.0 Å². The van der Waals surface area contributed by atoms with E-state index in [1.807, 2.05) is 31.2 Å². The third kappa shape index (κ3) is 6.58. The molecule has 0 bridgehead atoms. The molecular formula is C19H26N4O3S. The fourth-order valence-electron chi connectivity index (χ4n) is 2.51. The number of nitrogens with one attached hydrogen (secondary N) is 2. The van der Waals surface area contributed by atoms with Crippen LogP contribution in [0, 0.1) is 0 Å². The molecule has 0 aliphatic rings. The summed E-state index contributed by atoms with van der Waals surface area (Å²) in [6.45, 7) is 3.92. The van der Waals surface area contributed by atoms with Gasteiger partial charge >= 0.3 is 0 Å². The van der Waals surface area contributed by atoms with E-state index < -0.39 is 10.0 Å². The van der Waals surface area contributed by atoms with Crippen LogP contribution < -0.4 is 20.5 Å². The Kier molecular flexibility index (Phi) is 7.63. The zero-order valence-corrected chi connectivity index (χ0v) is 16.4. The molecule has 0 aliphatic heterocycles. The minimum absolute atomic E-state index is 0.117. The number of benzene rings is 2. The van der Waals surface area contributed by atoms with Crippen LogP contribution in [-0.2, 0) is 23.0 Å². The molecule has 0 aliphatic carbocycles. The van der Waals surface area contributed by atoms with Crippen molar-refractivity contribution in [2.45, 2.75) is 24.8 Å². The molecule has 0 radical (unpaired) electrons. The number of para-hydroxylation sites is 1.